The van der Waals surface area contributed by atoms with Crippen LogP contribution in [0, 0.1) is 6.92 Å². The van der Waals surface area contributed by atoms with Crippen molar-refractivity contribution in [1.29, 1.82) is 0 Å². The molecule has 1 aromatic heterocycles. The molecular formula is C12H9Cl2NOS. The third-order valence-electron chi connectivity index (χ3n) is 2.25. The van der Waals surface area contributed by atoms with Gasteiger partial charge in [-0.15, -0.1) is 11.3 Å². The summed E-state index contributed by atoms with van der Waals surface area (Å²) in [6.45, 7) is 1.91. The lowest BCUT2D eigenvalue weighted by Gasteiger charge is -2.01. The molecule has 0 spiro atoms. The molecule has 0 atom stereocenters. The van der Waals surface area contributed by atoms with Crippen molar-refractivity contribution in [2.75, 3.05) is 0 Å². The van der Waals surface area contributed by atoms with E-state index in [2.05, 4.69) is 4.98 Å². The first-order chi connectivity index (χ1) is 8.06. The van der Waals surface area contributed by atoms with Gasteiger partial charge in [0.25, 0.3) is 0 Å². The van der Waals surface area contributed by atoms with Gasteiger partial charge >= 0.3 is 0 Å². The third kappa shape index (κ3) is 3.06. The number of Topliss-reactive ketones (excluding diaryl/α,β-unsaturated/α-hetero) is 1. The molecule has 0 aliphatic rings. The van der Waals surface area contributed by atoms with Crippen LogP contribution in [0.1, 0.15) is 21.1 Å². The molecule has 0 amide bonds. The van der Waals surface area contributed by atoms with Crippen LogP contribution in [0.3, 0.4) is 0 Å². The molecule has 0 saturated heterocycles. The van der Waals surface area contributed by atoms with E-state index in [-0.39, 0.29) is 5.78 Å². The fourth-order valence-corrected chi connectivity index (χ4v) is 2.34. The van der Waals surface area contributed by atoms with Gasteiger partial charge in [-0.1, -0.05) is 23.2 Å². The number of aromatic nitrogens is 1. The minimum absolute atomic E-state index is 0.00568. The first-order valence-electron chi connectivity index (χ1n) is 4.95. The lowest BCUT2D eigenvalue weighted by atomic mass is 10.1. The van der Waals surface area contributed by atoms with E-state index >= 15 is 0 Å². The van der Waals surface area contributed by atoms with Crippen LogP contribution in [0.5, 0.6) is 0 Å². The maximum atomic E-state index is 11.9. The molecule has 0 bridgehead atoms. The Kier molecular flexibility index (Phi) is 3.82. The predicted molar refractivity (Wildman–Crippen MR) is 71.3 cm³/mol. The standard InChI is InChI=1S/C12H9Cl2NOS/c1-7-15-9(6-17-7)5-12(16)8-2-3-10(13)11(14)4-8/h2-4,6H,5H2,1H3. The number of hydrogen-bond acceptors (Lipinski definition) is 3. The summed E-state index contributed by atoms with van der Waals surface area (Å²) in [4.78, 5) is 16.2. The summed E-state index contributed by atoms with van der Waals surface area (Å²) in [6, 6.07) is 4.89. The monoisotopic (exact) mass is 285 g/mol. The second-order valence-electron chi connectivity index (χ2n) is 3.59. The van der Waals surface area contributed by atoms with Crippen LogP contribution in [0.4, 0.5) is 0 Å². The zero-order chi connectivity index (χ0) is 12.4. The molecule has 0 N–H and O–H groups in total. The average Bonchev–Trinajstić information content (AvgIpc) is 2.68. The summed E-state index contributed by atoms with van der Waals surface area (Å²) in [6.07, 6.45) is 0.294. The van der Waals surface area contributed by atoms with Gasteiger partial charge in [0, 0.05) is 10.9 Å². The molecule has 2 nitrogen and oxygen atoms in total. The molecule has 0 fully saturated rings. The summed E-state index contributed by atoms with van der Waals surface area (Å²) in [5.74, 6) is -0.00568. The number of carbonyl (C=O) groups excluding carboxylic acids is 1. The molecule has 88 valence electrons. The van der Waals surface area contributed by atoms with Crippen molar-refractivity contribution in [2.24, 2.45) is 0 Å². The van der Waals surface area contributed by atoms with Gasteiger partial charge in [0.2, 0.25) is 0 Å². The van der Waals surface area contributed by atoms with Gasteiger partial charge in [-0.3, -0.25) is 4.79 Å². The van der Waals surface area contributed by atoms with Crippen LogP contribution in [0.2, 0.25) is 10.0 Å². The molecule has 0 radical (unpaired) electrons. The Balaban J connectivity index is 2.17. The fourth-order valence-electron chi connectivity index (χ4n) is 1.43. The predicted octanol–water partition coefficient (Wildman–Crippen LogP) is 4.18. The topological polar surface area (TPSA) is 30.0 Å². The molecule has 0 unspecified atom stereocenters. The second kappa shape index (κ2) is 5.17. The Hall–Kier alpha value is -0.900. The van der Waals surface area contributed by atoms with Gasteiger partial charge in [0.05, 0.1) is 27.2 Å². The van der Waals surface area contributed by atoms with Gasteiger partial charge in [-0.05, 0) is 25.1 Å². The van der Waals surface area contributed by atoms with Gasteiger partial charge in [0.15, 0.2) is 5.78 Å². The van der Waals surface area contributed by atoms with E-state index in [0.717, 1.165) is 10.7 Å². The Labute approximate surface area is 113 Å². The van der Waals surface area contributed by atoms with E-state index in [1.807, 2.05) is 12.3 Å². The van der Waals surface area contributed by atoms with E-state index in [4.69, 9.17) is 23.2 Å². The lowest BCUT2D eigenvalue weighted by Crippen LogP contribution is -2.03. The maximum absolute atomic E-state index is 11.9. The van der Waals surface area contributed by atoms with E-state index < -0.39 is 0 Å². The van der Waals surface area contributed by atoms with Crippen LogP contribution in [0.15, 0.2) is 23.6 Å². The number of thiazole rings is 1. The van der Waals surface area contributed by atoms with Crippen LogP contribution in [-0.2, 0) is 6.42 Å². The van der Waals surface area contributed by atoms with E-state index in [9.17, 15) is 4.79 Å². The zero-order valence-electron chi connectivity index (χ0n) is 9.04. The number of aryl methyl sites for hydroxylation is 1. The quantitative estimate of drug-likeness (QED) is 0.792. The highest BCUT2D eigenvalue weighted by Crippen LogP contribution is 2.23. The summed E-state index contributed by atoms with van der Waals surface area (Å²) in [5, 5.41) is 3.70. The fraction of sp³-hybridized carbons (Fsp3) is 0.167. The summed E-state index contributed by atoms with van der Waals surface area (Å²) in [5.41, 5.74) is 1.36. The van der Waals surface area contributed by atoms with Crippen molar-refractivity contribution in [1.82, 2.24) is 4.98 Å². The number of nitrogens with zero attached hydrogens (tertiary/aromatic N) is 1. The van der Waals surface area contributed by atoms with Crippen LogP contribution >= 0.6 is 34.5 Å². The van der Waals surface area contributed by atoms with Gasteiger partial charge in [-0.25, -0.2) is 4.98 Å². The van der Waals surface area contributed by atoms with E-state index in [1.165, 1.54) is 11.3 Å². The Morgan fingerprint density at radius 2 is 2.12 bits per heavy atom. The first kappa shape index (κ1) is 12.6. The highest BCUT2D eigenvalue weighted by atomic mass is 35.5. The van der Waals surface area contributed by atoms with Crippen molar-refractivity contribution >= 4 is 40.3 Å². The number of ketones is 1. The van der Waals surface area contributed by atoms with Gasteiger partial charge < -0.3 is 0 Å². The largest absolute Gasteiger partial charge is 0.294 e. The van der Waals surface area contributed by atoms with Crippen molar-refractivity contribution in [3.8, 4) is 0 Å². The molecule has 1 aromatic carbocycles. The molecule has 2 rings (SSSR count). The van der Waals surface area contributed by atoms with Gasteiger partial charge in [0.1, 0.15) is 0 Å². The summed E-state index contributed by atoms with van der Waals surface area (Å²) >= 11 is 13.2. The number of hydrogen-bond donors (Lipinski definition) is 0. The molecule has 0 aliphatic heterocycles. The van der Waals surface area contributed by atoms with E-state index in [0.29, 0.717) is 22.0 Å². The van der Waals surface area contributed by atoms with Crippen molar-refractivity contribution in [3.63, 3.8) is 0 Å². The Morgan fingerprint density at radius 1 is 1.35 bits per heavy atom. The van der Waals surface area contributed by atoms with Gasteiger partial charge in [-0.2, -0.15) is 0 Å². The SMILES string of the molecule is Cc1nc(CC(=O)c2ccc(Cl)c(Cl)c2)cs1. The Bertz CT molecular complexity index is 565. The minimum Gasteiger partial charge on any atom is -0.294 e. The number of rotatable bonds is 3. The molecule has 2 aromatic rings. The summed E-state index contributed by atoms with van der Waals surface area (Å²) < 4.78 is 0. The first-order valence-corrected chi connectivity index (χ1v) is 6.59. The molecule has 1 heterocycles. The normalized spacial score (nSPS) is 10.5. The smallest absolute Gasteiger partial charge is 0.168 e. The molecular weight excluding hydrogens is 277 g/mol. The van der Waals surface area contributed by atoms with E-state index in [1.54, 1.807) is 18.2 Å². The van der Waals surface area contributed by atoms with Crippen molar-refractivity contribution < 1.29 is 4.79 Å². The maximum Gasteiger partial charge on any atom is 0.168 e. The molecule has 17 heavy (non-hydrogen) atoms. The number of benzene rings is 1. The molecule has 0 saturated carbocycles. The molecule has 5 heteroatoms. The third-order valence-corrected chi connectivity index (χ3v) is 3.81. The lowest BCUT2D eigenvalue weighted by molar-refractivity contribution is 0.0992. The number of halogens is 2. The highest BCUT2D eigenvalue weighted by molar-refractivity contribution is 7.09. The number of carbonyl (C=O) groups is 1. The molecule has 0 aliphatic carbocycles. The Morgan fingerprint density at radius 3 is 2.71 bits per heavy atom. The second-order valence-corrected chi connectivity index (χ2v) is 5.46. The van der Waals surface area contributed by atoms with Crippen molar-refractivity contribution in [3.05, 3.63) is 49.9 Å². The van der Waals surface area contributed by atoms with Crippen LogP contribution in [0.25, 0.3) is 0 Å². The zero-order valence-corrected chi connectivity index (χ0v) is 11.4. The summed E-state index contributed by atoms with van der Waals surface area (Å²) in [7, 11) is 0. The van der Waals surface area contributed by atoms with Crippen molar-refractivity contribution in [2.45, 2.75) is 13.3 Å². The van der Waals surface area contributed by atoms with Crippen LogP contribution in [-0.4, -0.2) is 10.8 Å². The minimum atomic E-state index is -0.00568. The van der Waals surface area contributed by atoms with Crippen LogP contribution < -0.4 is 0 Å². The highest BCUT2D eigenvalue weighted by Gasteiger charge is 2.10. The average molecular weight is 286 g/mol.